The number of likely N-dealkylation sites (tertiary alicyclic amines) is 1. The van der Waals surface area contributed by atoms with E-state index in [9.17, 15) is 24.3 Å². The number of rotatable bonds is 9. The number of hydrogen-bond donors (Lipinski definition) is 2. The number of ether oxygens (including phenoxy) is 2. The van der Waals surface area contributed by atoms with Crippen LogP contribution in [-0.4, -0.2) is 142 Å². The fraction of sp³-hybridized carbons (Fsp3) is 0.532. The molecular weight excluding hydrogens is 831 g/mol. The van der Waals surface area contributed by atoms with Gasteiger partial charge in [-0.2, -0.15) is 0 Å². The lowest BCUT2D eigenvalue weighted by Crippen LogP contribution is -2.61. The third-order valence-electron chi connectivity index (χ3n) is 12.5. The van der Waals surface area contributed by atoms with Crippen LogP contribution in [0, 0.1) is 17.3 Å². The van der Waals surface area contributed by atoms with Crippen molar-refractivity contribution in [3.8, 4) is 34.4 Å². The summed E-state index contributed by atoms with van der Waals surface area (Å²) in [6.45, 7) is 13.6. The number of aliphatic hydroxyl groups is 1. The SMILES string of the molecule is [B]N(C(=O)CCOC1CN(C(=O)C#CC(C)(C)N(C)C)C1)[C@H]1Cc2nc(cs2)-c2ccc3c(c2)c(c(-c2cccnc2[C@H](C)O)n3CC)CC(C)(C)COC(=O)[C@@H]2CCCN(N2)C1=O. The predicted octanol–water partition coefficient (Wildman–Crippen LogP) is 4.31. The lowest BCUT2D eigenvalue weighted by molar-refractivity contribution is -0.156. The number of nitrogens with zero attached hydrogens (tertiary/aromatic N) is 7. The molecule has 1 aromatic carbocycles. The number of carbonyl (C=O) groups excluding carboxylic acids is 4. The number of carbonyl (C=O) groups is 4. The van der Waals surface area contributed by atoms with Crippen LogP contribution in [0.3, 0.4) is 0 Å². The quantitative estimate of drug-likeness (QED) is 0.140. The Morgan fingerprint density at radius 1 is 1.20 bits per heavy atom. The molecule has 3 amide bonds. The first-order valence-electron chi connectivity index (χ1n) is 22.0. The fourth-order valence-corrected chi connectivity index (χ4v) is 9.11. The van der Waals surface area contributed by atoms with Crippen LogP contribution >= 0.6 is 11.3 Å². The molecule has 0 aliphatic carbocycles. The number of thiazole rings is 1. The minimum Gasteiger partial charge on any atom is -0.464 e. The Hall–Kier alpha value is -5.12. The summed E-state index contributed by atoms with van der Waals surface area (Å²) in [7, 11) is 10.4. The summed E-state index contributed by atoms with van der Waals surface area (Å²) in [5.41, 5.74) is 8.09. The molecule has 0 unspecified atom stereocenters. The molecule has 0 saturated carbocycles. The highest BCUT2D eigenvalue weighted by Gasteiger charge is 2.38. The monoisotopic (exact) mass is 890 g/mol. The van der Waals surface area contributed by atoms with Crippen LogP contribution < -0.4 is 5.43 Å². The molecule has 15 nitrogen and oxygen atoms in total. The molecule has 2 saturated heterocycles. The maximum Gasteiger partial charge on any atom is 0.324 e. The Bertz CT molecular complexity index is 2460. The summed E-state index contributed by atoms with van der Waals surface area (Å²) in [4.78, 5) is 68.6. The number of cyclic esters (lactones) is 1. The van der Waals surface area contributed by atoms with Crippen molar-refractivity contribution >= 4 is 53.9 Å². The average Bonchev–Trinajstić information content (AvgIpc) is 3.85. The van der Waals surface area contributed by atoms with Gasteiger partial charge < -0.3 is 28.9 Å². The van der Waals surface area contributed by atoms with E-state index in [-0.39, 0.29) is 38.1 Å². The van der Waals surface area contributed by atoms with E-state index < -0.39 is 46.9 Å². The van der Waals surface area contributed by atoms with Crippen molar-refractivity contribution in [2.45, 2.75) is 110 Å². The van der Waals surface area contributed by atoms with Crippen molar-refractivity contribution in [3.63, 3.8) is 0 Å². The van der Waals surface area contributed by atoms with E-state index in [1.165, 1.54) is 16.3 Å². The van der Waals surface area contributed by atoms with Crippen LogP contribution in [0.15, 0.2) is 41.9 Å². The normalized spacial score (nSPS) is 20.0. The number of aryl methyl sites for hydroxylation is 1. The molecule has 2 fully saturated rings. The van der Waals surface area contributed by atoms with Gasteiger partial charge in [0.1, 0.15) is 12.1 Å². The zero-order valence-corrected chi connectivity index (χ0v) is 39.0. The summed E-state index contributed by atoms with van der Waals surface area (Å²) in [5.74, 6) is 4.01. The maximum atomic E-state index is 14.4. The Kier molecular flexibility index (Phi) is 14.0. The molecule has 3 aromatic heterocycles. The minimum atomic E-state index is -1.15. The zero-order chi connectivity index (χ0) is 46.1. The summed E-state index contributed by atoms with van der Waals surface area (Å²) in [6.07, 6.45) is 2.09. The van der Waals surface area contributed by atoms with Gasteiger partial charge in [-0.1, -0.05) is 25.8 Å². The van der Waals surface area contributed by atoms with Crippen LogP contribution in [0.5, 0.6) is 0 Å². The summed E-state index contributed by atoms with van der Waals surface area (Å²) < 4.78 is 14.2. The fourth-order valence-electron chi connectivity index (χ4n) is 8.27. The molecule has 4 aromatic rings. The maximum absolute atomic E-state index is 14.4. The van der Waals surface area contributed by atoms with Crippen molar-refractivity contribution in [3.05, 3.63) is 58.2 Å². The van der Waals surface area contributed by atoms with Crippen LogP contribution in [0.2, 0.25) is 0 Å². The molecule has 2 N–H and O–H groups in total. The molecule has 3 atom stereocenters. The van der Waals surface area contributed by atoms with Gasteiger partial charge in [0, 0.05) is 78.0 Å². The first kappa shape index (κ1) is 46.9. The number of nitrogens with one attached hydrogen (secondary N) is 1. The van der Waals surface area contributed by atoms with Gasteiger partial charge >= 0.3 is 5.97 Å². The van der Waals surface area contributed by atoms with Gasteiger partial charge in [0.05, 0.1) is 53.1 Å². The van der Waals surface area contributed by atoms with E-state index in [2.05, 4.69) is 59.7 Å². The lowest BCUT2D eigenvalue weighted by Gasteiger charge is -2.38. The molecule has 2 radical (unpaired) electrons. The first-order chi connectivity index (χ1) is 30.4. The molecule has 64 heavy (non-hydrogen) atoms. The predicted molar refractivity (Wildman–Crippen MR) is 245 cm³/mol. The number of pyridine rings is 1. The van der Waals surface area contributed by atoms with Crippen LogP contribution in [0.25, 0.3) is 33.4 Å². The third-order valence-corrected chi connectivity index (χ3v) is 13.4. The van der Waals surface area contributed by atoms with E-state index in [1.807, 2.05) is 56.4 Å². The van der Waals surface area contributed by atoms with Crippen molar-refractivity contribution in [1.29, 1.82) is 0 Å². The second kappa shape index (κ2) is 19.2. The Morgan fingerprint density at radius 2 is 1.97 bits per heavy atom. The molecule has 6 bridgehead atoms. The van der Waals surface area contributed by atoms with Gasteiger partial charge in [-0.15, -0.1) is 11.3 Å². The number of benzene rings is 1. The molecule has 338 valence electrons. The van der Waals surface area contributed by atoms with E-state index in [0.717, 1.165) is 38.1 Å². The minimum absolute atomic E-state index is 0.0341. The summed E-state index contributed by atoms with van der Waals surface area (Å²) >= 11 is 1.38. The van der Waals surface area contributed by atoms with Crippen LogP contribution in [-0.2, 0) is 48.0 Å². The lowest BCUT2D eigenvalue weighted by atomic mass is 9.84. The molecule has 7 rings (SSSR count). The number of fused-ring (bicyclic) bond motifs is 6. The summed E-state index contributed by atoms with van der Waals surface area (Å²) in [5, 5.41) is 15.8. The molecule has 6 heterocycles. The number of aliphatic hydroxyl groups excluding tert-OH is 1. The molecule has 17 heteroatoms. The van der Waals surface area contributed by atoms with E-state index in [0.29, 0.717) is 61.8 Å². The Labute approximate surface area is 380 Å². The standard InChI is InChI=1S/C47H59BN8O7S/c1-9-54-37-15-14-30-22-33(37)34(43(54)32-12-10-19-49-42(32)29(2)57)24-46(3,4)28-63-45(61)35-13-11-20-55(51-35)44(60)38(23-39-50-36(30)27-64-39)56(48)41(59)17-21-62-31-25-53(26-31)40(58)16-18-47(5,6)52(7)8/h10,12,14-15,19,22,27,29,31,35,38,51,57H,9,11,13,17,20-21,23-26,28H2,1-8H3/t29-,35-,38-/m0/s1. The number of amides is 3. The van der Waals surface area contributed by atoms with Crippen LogP contribution in [0.1, 0.15) is 83.2 Å². The van der Waals surface area contributed by atoms with Gasteiger partial charge in [0.2, 0.25) is 13.9 Å². The number of hydrazine groups is 1. The Morgan fingerprint density at radius 3 is 2.69 bits per heavy atom. The first-order valence-corrected chi connectivity index (χ1v) is 22.9. The van der Waals surface area contributed by atoms with Gasteiger partial charge in [-0.05, 0) is 96.8 Å². The van der Waals surface area contributed by atoms with Crippen molar-refractivity contribution in [1.82, 2.24) is 39.6 Å². The van der Waals surface area contributed by atoms with E-state index >= 15 is 0 Å². The topological polar surface area (TPSA) is 163 Å². The smallest absolute Gasteiger partial charge is 0.324 e. The van der Waals surface area contributed by atoms with Gasteiger partial charge in [-0.25, -0.2) is 10.4 Å². The van der Waals surface area contributed by atoms with Crippen molar-refractivity contribution in [2.75, 3.05) is 46.9 Å². The van der Waals surface area contributed by atoms with Crippen molar-refractivity contribution in [2.24, 2.45) is 5.41 Å². The number of esters is 1. The molecule has 3 aliphatic rings. The third kappa shape index (κ3) is 10.1. The van der Waals surface area contributed by atoms with Crippen molar-refractivity contribution < 1.29 is 33.8 Å². The highest BCUT2D eigenvalue weighted by Crippen LogP contribution is 2.41. The second-order valence-corrected chi connectivity index (χ2v) is 19.4. The molecule has 0 spiro atoms. The largest absolute Gasteiger partial charge is 0.464 e. The molecule has 3 aliphatic heterocycles. The van der Waals surface area contributed by atoms with E-state index in [1.54, 1.807) is 18.0 Å². The number of hydrogen-bond acceptors (Lipinski definition) is 12. The second-order valence-electron chi connectivity index (χ2n) is 18.5. The average molecular weight is 891 g/mol. The highest BCUT2D eigenvalue weighted by atomic mass is 32.1. The highest BCUT2D eigenvalue weighted by molar-refractivity contribution is 7.10. The van der Waals surface area contributed by atoms with Gasteiger partial charge in [0.25, 0.3) is 11.8 Å². The van der Waals surface area contributed by atoms with Gasteiger partial charge in [0.15, 0.2) is 0 Å². The summed E-state index contributed by atoms with van der Waals surface area (Å²) in [6, 6.07) is 8.17. The van der Waals surface area contributed by atoms with E-state index in [4.69, 9.17) is 22.4 Å². The molecular formula is C47H59BN8O7S. The number of aromatic nitrogens is 3. The van der Waals surface area contributed by atoms with Crippen LogP contribution in [0.4, 0.5) is 0 Å². The van der Waals surface area contributed by atoms with Gasteiger partial charge in [-0.3, -0.25) is 34.1 Å². The Balaban J connectivity index is 1.16. The zero-order valence-electron chi connectivity index (χ0n) is 38.1.